The average molecular weight is 266 g/mol. The Labute approximate surface area is 115 Å². The minimum absolute atomic E-state index is 0.163. The quantitative estimate of drug-likeness (QED) is 0.767. The maximum absolute atomic E-state index is 11.7. The molecule has 2 unspecified atom stereocenters. The van der Waals surface area contributed by atoms with Gasteiger partial charge in [-0.2, -0.15) is 0 Å². The van der Waals surface area contributed by atoms with Crippen LogP contribution in [-0.4, -0.2) is 37.2 Å². The number of ether oxygens (including phenoxy) is 1. The molecule has 4 nitrogen and oxygen atoms in total. The van der Waals surface area contributed by atoms with Crippen molar-refractivity contribution in [1.82, 2.24) is 10.6 Å². The van der Waals surface area contributed by atoms with Crippen molar-refractivity contribution in [3.8, 4) is 0 Å². The second-order valence-electron chi connectivity index (χ2n) is 6.40. The SMILES string of the molecule is CCOC1CC(NCC(=O)NC2CC2)C12CCCC2. The van der Waals surface area contributed by atoms with E-state index in [-0.39, 0.29) is 5.91 Å². The van der Waals surface area contributed by atoms with Crippen molar-refractivity contribution in [3.63, 3.8) is 0 Å². The van der Waals surface area contributed by atoms with Gasteiger partial charge >= 0.3 is 0 Å². The molecular formula is C15H26N2O2. The van der Waals surface area contributed by atoms with Gasteiger partial charge in [-0.3, -0.25) is 4.79 Å². The fourth-order valence-corrected chi connectivity index (χ4v) is 3.90. The van der Waals surface area contributed by atoms with Gasteiger partial charge in [0.15, 0.2) is 0 Å². The minimum atomic E-state index is 0.163. The molecule has 4 heteroatoms. The van der Waals surface area contributed by atoms with Crippen LogP contribution in [0.2, 0.25) is 0 Å². The molecule has 0 heterocycles. The molecule has 1 spiro atoms. The third-order valence-corrected chi connectivity index (χ3v) is 5.14. The van der Waals surface area contributed by atoms with Gasteiger partial charge in [0.2, 0.25) is 5.91 Å². The van der Waals surface area contributed by atoms with E-state index in [1.54, 1.807) is 0 Å². The van der Waals surface area contributed by atoms with Gasteiger partial charge in [0.1, 0.15) is 0 Å². The second kappa shape index (κ2) is 5.41. The molecule has 3 fully saturated rings. The molecule has 0 aliphatic heterocycles. The molecule has 2 N–H and O–H groups in total. The Kier molecular flexibility index (Phi) is 3.81. The van der Waals surface area contributed by atoms with Crippen molar-refractivity contribution in [3.05, 3.63) is 0 Å². The largest absolute Gasteiger partial charge is 0.378 e. The lowest BCUT2D eigenvalue weighted by Gasteiger charge is -2.54. The van der Waals surface area contributed by atoms with Gasteiger partial charge in [0.05, 0.1) is 12.6 Å². The Hall–Kier alpha value is -0.610. The topological polar surface area (TPSA) is 50.4 Å². The van der Waals surface area contributed by atoms with Crippen LogP contribution >= 0.6 is 0 Å². The van der Waals surface area contributed by atoms with E-state index in [0.717, 1.165) is 25.9 Å². The maximum atomic E-state index is 11.7. The summed E-state index contributed by atoms with van der Waals surface area (Å²) < 4.78 is 5.89. The smallest absolute Gasteiger partial charge is 0.234 e. The van der Waals surface area contributed by atoms with E-state index in [2.05, 4.69) is 17.6 Å². The molecule has 0 aromatic rings. The zero-order valence-electron chi connectivity index (χ0n) is 11.9. The molecule has 0 bridgehead atoms. The maximum Gasteiger partial charge on any atom is 0.234 e. The molecule has 0 radical (unpaired) electrons. The van der Waals surface area contributed by atoms with Crippen molar-refractivity contribution in [2.75, 3.05) is 13.2 Å². The molecule has 3 aliphatic rings. The highest BCUT2D eigenvalue weighted by Crippen LogP contribution is 2.54. The van der Waals surface area contributed by atoms with Gasteiger partial charge in [-0.15, -0.1) is 0 Å². The number of carbonyl (C=O) groups is 1. The van der Waals surface area contributed by atoms with Gasteiger partial charge in [-0.1, -0.05) is 12.8 Å². The van der Waals surface area contributed by atoms with Crippen molar-refractivity contribution < 1.29 is 9.53 Å². The van der Waals surface area contributed by atoms with Gasteiger partial charge < -0.3 is 15.4 Å². The van der Waals surface area contributed by atoms with Gasteiger partial charge in [-0.05, 0) is 39.0 Å². The molecule has 3 saturated carbocycles. The number of rotatable bonds is 6. The second-order valence-corrected chi connectivity index (χ2v) is 6.40. The molecule has 0 aromatic heterocycles. The molecule has 3 rings (SSSR count). The van der Waals surface area contributed by atoms with Crippen LogP contribution in [0.5, 0.6) is 0 Å². The molecule has 0 aromatic carbocycles. The van der Waals surface area contributed by atoms with Gasteiger partial charge in [-0.25, -0.2) is 0 Å². The standard InChI is InChI=1S/C15H26N2O2/c1-2-19-13-9-12(15(13)7-3-4-8-15)16-10-14(18)17-11-5-6-11/h11-13,16H,2-10H2,1H3,(H,17,18). The zero-order valence-corrected chi connectivity index (χ0v) is 11.9. The van der Waals surface area contributed by atoms with E-state index >= 15 is 0 Å². The Balaban J connectivity index is 1.48. The van der Waals surface area contributed by atoms with Crippen molar-refractivity contribution in [2.45, 2.75) is 70.1 Å². The summed E-state index contributed by atoms with van der Waals surface area (Å²) >= 11 is 0. The first-order valence-electron chi connectivity index (χ1n) is 7.89. The van der Waals surface area contributed by atoms with Crippen molar-refractivity contribution in [2.24, 2.45) is 5.41 Å². The summed E-state index contributed by atoms with van der Waals surface area (Å²) in [5.74, 6) is 0.163. The third-order valence-electron chi connectivity index (χ3n) is 5.14. The predicted molar refractivity (Wildman–Crippen MR) is 73.9 cm³/mol. The van der Waals surface area contributed by atoms with Crippen LogP contribution in [0.1, 0.15) is 51.9 Å². The lowest BCUT2D eigenvalue weighted by Crippen LogP contribution is -2.63. The fourth-order valence-electron chi connectivity index (χ4n) is 3.90. The highest BCUT2D eigenvalue weighted by molar-refractivity contribution is 5.78. The van der Waals surface area contributed by atoms with Crippen LogP contribution < -0.4 is 10.6 Å². The highest BCUT2D eigenvalue weighted by atomic mass is 16.5. The van der Waals surface area contributed by atoms with Crippen LogP contribution in [-0.2, 0) is 9.53 Å². The molecule has 0 saturated heterocycles. The van der Waals surface area contributed by atoms with Gasteiger partial charge in [0, 0.05) is 24.1 Å². The Morgan fingerprint density at radius 1 is 1.32 bits per heavy atom. The first-order chi connectivity index (χ1) is 9.24. The van der Waals surface area contributed by atoms with Crippen LogP contribution in [0.25, 0.3) is 0 Å². The Morgan fingerprint density at radius 3 is 2.68 bits per heavy atom. The van der Waals surface area contributed by atoms with E-state index in [9.17, 15) is 4.79 Å². The summed E-state index contributed by atoms with van der Waals surface area (Å²) in [7, 11) is 0. The highest BCUT2D eigenvalue weighted by Gasteiger charge is 2.56. The van der Waals surface area contributed by atoms with E-state index in [4.69, 9.17) is 4.74 Å². The summed E-state index contributed by atoms with van der Waals surface area (Å²) in [6.07, 6.45) is 8.97. The Bertz CT molecular complexity index is 335. The van der Waals surface area contributed by atoms with E-state index in [0.29, 0.717) is 30.1 Å². The lowest BCUT2D eigenvalue weighted by molar-refractivity contribution is -0.134. The van der Waals surface area contributed by atoms with Crippen LogP contribution in [0.3, 0.4) is 0 Å². The van der Waals surface area contributed by atoms with Crippen LogP contribution in [0.15, 0.2) is 0 Å². The molecular weight excluding hydrogens is 240 g/mol. The molecule has 2 atom stereocenters. The fraction of sp³-hybridized carbons (Fsp3) is 0.933. The zero-order chi connectivity index (χ0) is 13.3. The minimum Gasteiger partial charge on any atom is -0.378 e. The van der Waals surface area contributed by atoms with Crippen LogP contribution in [0, 0.1) is 5.41 Å². The number of amides is 1. The summed E-state index contributed by atoms with van der Waals surface area (Å²) in [5.41, 5.74) is 0.329. The first-order valence-corrected chi connectivity index (χ1v) is 7.89. The van der Waals surface area contributed by atoms with E-state index in [1.807, 2.05) is 0 Å². The molecule has 3 aliphatic carbocycles. The van der Waals surface area contributed by atoms with E-state index in [1.165, 1.54) is 25.7 Å². The summed E-state index contributed by atoms with van der Waals surface area (Å²) in [6, 6.07) is 0.948. The predicted octanol–water partition coefficient (Wildman–Crippen LogP) is 1.59. The lowest BCUT2D eigenvalue weighted by atomic mass is 9.60. The van der Waals surface area contributed by atoms with Crippen molar-refractivity contribution in [1.29, 1.82) is 0 Å². The summed E-state index contributed by atoms with van der Waals surface area (Å²) in [6.45, 7) is 3.36. The number of carbonyl (C=O) groups excluding carboxylic acids is 1. The average Bonchev–Trinajstić information content (AvgIpc) is 3.04. The monoisotopic (exact) mass is 266 g/mol. The molecule has 19 heavy (non-hydrogen) atoms. The van der Waals surface area contributed by atoms with Crippen LogP contribution in [0.4, 0.5) is 0 Å². The third kappa shape index (κ3) is 2.65. The summed E-state index contributed by atoms with van der Waals surface area (Å²) in [5, 5.41) is 6.52. The number of nitrogens with one attached hydrogen (secondary N) is 2. The molecule has 108 valence electrons. The van der Waals surface area contributed by atoms with Gasteiger partial charge in [0.25, 0.3) is 0 Å². The van der Waals surface area contributed by atoms with Crippen molar-refractivity contribution >= 4 is 5.91 Å². The first kappa shape index (κ1) is 13.4. The number of hydrogen-bond acceptors (Lipinski definition) is 3. The summed E-state index contributed by atoms with van der Waals surface area (Å²) in [4.78, 5) is 11.7. The normalized spacial score (nSPS) is 32.3. The van der Waals surface area contributed by atoms with E-state index < -0.39 is 0 Å². The molecule has 1 amide bonds. The number of hydrogen-bond donors (Lipinski definition) is 2. The Morgan fingerprint density at radius 2 is 2.05 bits per heavy atom.